The highest BCUT2D eigenvalue weighted by Crippen LogP contribution is 2.18. The van der Waals surface area contributed by atoms with Gasteiger partial charge < -0.3 is 4.90 Å². The van der Waals surface area contributed by atoms with E-state index in [0.29, 0.717) is 18.0 Å². The van der Waals surface area contributed by atoms with Crippen LogP contribution in [-0.4, -0.2) is 39.2 Å². The maximum Gasteiger partial charge on any atom is 0.179 e. The molecule has 0 aromatic heterocycles. The predicted molar refractivity (Wildman–Crippen MR) is 80.2 cm³/mol. The van der Waals surface area contributed by atoms with E-state index >= 15 is 0 Å². The van der Waals surface area contributed by atoms with Crippen LogP contribution in [0.25, 0.3) is 0 Å². The molecular weight excluding hydrogens is 272 g/mol. The van der Waals surface area contributed by atoms with Crippen LogP contribution in [0.15, 0.2) is 23.1 Å². The summed E-state index contributed by atoms with van der Waals surface area (Å²) in [5.74, 6) is -0.0187. The van der Waals surface area contributed by atoms with E-state index in [4.69, 9.17) is 5.26 Å². The molecule has 0 aliphatic heterocycles. The van der Waals surface area contributed by atoms with Gasteiger partial charge in [0.25, 0.3) is 0 Å². The van der Waals surface area contributed by atoms with Gasteiger partial charge in [-0.15, -0.1) is 0 Å². The summed E-state index contributed by atoms with van der Waals surface area (Å²) in [7, 11) is -1.44. The lowest BCUT2D eigenvalue weighted by Gasteiger charge is -2.18. The van der Waals surface area contributed by atoms with Gasteiger partial charge in [-0.1, -0.05) is 12.1 Å². The zero-order valence-electron chi connectivity index (χ0n) is 12.5. The average Bonchev–Trinajstić information content (AvgIpc) is 2.39. The van der Waals surface area contributed by atoms with Crippen LogP contribution in [-0.2, 0) is 9.84 Å². The third-order valence-corrected chi connectivity index (χ3v) is 5.06. The van der Waals surface area contributed by atoms with Crippen molar-refractivity contribution >= 4 is 9.84 Å². The van der Waals surface area contributed by atoms with Gasteiger partial charge in [0.1, 0.15) is 0 Å². The molecule has 1 aromatic rings. The standard InChI is InChI=1S/C15H22N2O2S/c1-12-5-6-14(3)15(9-12)20(18,19)8-7-17(4)11-13(2)10-16/h5-6,9,13H,7-8,11H2,1-4H3/t13-/m0/s1. The van der Waals surface area contributed by atoms with Crippen molar-refractivity contribution in [2.75, 3.05) is 25.9 Å². The van der Waals surface area contributed by atoms with Crippen molar-refractivity contribution in [2.45, 2.75) is 25.7 Å². The summed E-state index contributed by atoms with van der Waals surface area (Å²) >= 11 is 0. The van der Waals surface area contributed by atoms with E-state index in [0.717, 1.165) is 11.1 Å². The van der Waals surface area contributed by atoms with Crippen molar-refractivity contribution in [1.82, 2.24) is 4.90 Å². The summed E-state index contributed by atoms with van der Waals surface area (Å²) in [6.07, 6.45) is 0. The van der Waals surface area contributed by atoms with Gasteiger partial charge in [-0.2, -0.15) is 5.26 Å². The van der Waals surface area contributed by atoms with E-state index in [-0.39, 0.29) is 11.7 Å². The number of rotatable bonds is 6. The van der Waals surface area contributed by atoms with E-state index in [1.807, 2.05) is 44.9 Å². The molecule has 0 unspecified atom stereocenters. The fraction of sp³-hybridized carbons (Fsp3) is 0.533. The molecule has 0 amide bonds. The van der Waals surface area contributed by atoms with Crippen LogP contribution in [0, 0.1) is 31.1 Å². The van der Waals surface area contributed by atoms with Gasteiger partial charge in [-0.25, -0.2) is 8.42 Å². The van der Waals surface area contributed by atoms with Crippen molar-refractivity contribution in [2.24, 2.45) is 5.92 Å². The quantitative estimate of drug-likeness (QED) is 0.806. The van der Waals surface area contributed by atoms with Crippen LogP contribution in [0.4, 0.5) is 0 Å². The lowest BCUT2D eigenvalue weighted by Crippen LogP contribution is -2.29. The van der Waals surface area contributed by atoms with E-state index in [9.17, 15) is 8.42 Å². The highest BCUT2D eigenvalue weighted by molar-refractivity contribution is 7.91. The molecule has 0 heterocycles. The number of nitrogens with zero attached hydrogens (tertiary/aromatic N) is 2. The minimum Gasteiger partial charge on any atom is -0.304 e. The van der Waals surface area contributed by atoms with E-state index in [1.165, 1.54) is 0 Å². The number of aryl methyl sites for hydroxylation is 2. The summed E-state index contributed by atoms with van der Waals surface area (Å²) in [4.78, 5) is 2.30. The number of nitriles is 1. The molecular formula is C15H22N2O2S. The molecule has 0 saturated carbocycles. The zero-order chi connectivity index (χ0) is 15.3. The summed E-state index contributed by atoms with van der Waals surface area (Å²) < 4.78 is 24.7. The largest absolute Gasteiger partial charge is 0.304 e. The third-order valence-electron chi connectivity index (χ3n) is 3.23. The Morgan fingerprint density at radius 2 is 2.00 bits per heavy atom. The lowest BCUT2D eigenvalue weighted by atomic mass is 10.2. The minimum atomic E-state index is -3.28. The Bertz CT molecular complexity index is 603. The SMILES string of the molecule is Cc1ccc(C)c(S(=O)(=O)CCN(C)C[C@@H](C)C#N)c1. The predicted octanol–water partition coefficient (Wildman–Crippen LogP) is 2.17. The molecule has 0 aliphatic rings. The van der Waals surface area contributed by atoms with Gasteiger partial charge >= 0.3 is 0 Å². The Kier molecular flexibility index (Phi) is 5.73. The number of benzene rings is 1. The molecule has 0 bridgehead atoms. The van der Waals surface area contributed by atoms with Crippen molar-refractivity contribution in [1.29, 1.82) is 5.26 Å². The molecule has 0 aliphatic carbocycles. The summed E-state index contributed by atoms with van der Waals surface area (Å²) in [5, 5.41) is 8.76. The highest BCUT2D eigenvalue weighted by Gasteiger charge is 2.18. The lowest BCUT2D eigenvalue weighted by molar-refractivity contribution is 0.327. The van der Waals surface area contributed by atoms with Crippen LogP contribution in [0.3, 0.4) is 0 Å². The molecule has 1 atom stereocenters. The molecule has 1 rings (SSSR count). The van der Waals surface area contributed by atoms with Gasteiger partial charge in [0.2, 0.25) is 0 Å². The maximum atomic E-state index is 12.4. The molecule has 0 spiro atoms. The topological polar surface area (TPSA) is 61.2 Å². The second kappa shape index (κ2) is 6.87. The first-order valence-electron chi connectivity index (χ1n) is 6.64. The molecule has 5 heteroatoms. The van der Waals surface area contributed by atoms with E-state index in [1.54, 1.807) is 6.07 Å². The molecule has 4 nitrogen and oxygen atoms in total. The fourth-order valence-corrected chi connectivity index (χ4v) is 3.72. The number of sulfone groups is 1. The Balaban J connectivity index is 2.76. The Labute approximate surface area is 121 Å². The smallest absolute Gasteiger partial charge is 0.179 e. The molecule has 0 radical (unpaired) electrons. The van der Waals surface area contributed by atoms with Gasteiger partial charge in [-0.05, 0) is 45.0 Å². The normalized spacial score (nSPS) is 13.2. The second-order valence-corrected chi connectivity index (χ2v) is 7.46. The van der Waals surface area contributed by atoms with Gasteiger partial charge in [0, 0.05) is 13.1 Å². The Morgan fingerprint density at radius 1 is 1.35 bits per heavy atom. The molecule has 110 valence electrons. The summed E-state index contributed by atoms with van der Waals surface area (Å²) in [6, 6.07) is 7.62. The summed E-state index contributed by atoms with van der Waals surface area (Å²) in [6.45, 7) is 6.54. The Morgan fingerprint density at radius 3 is 2.60 bits per heavy atom. The van der Waals surface area contributed by atoms with Gasteiger partial charge in [0.05, 0.1) is 22.6 Å². The number of hydrogen-bond acceptors (Lipinski definition) is 4. The van der Waals surface area contributed by atoms with Crippen LogP contribution < -0.4 is 0 Å². The Hall–Kier alpha value is -1.38. The molecule has 1 aromatic carbocycles. The van der Waals surface area contributed by atoms with Crippen molar-refractivity contribution in [3.05, 3.63) is 29.3 Å². The number of hydrogen-bond donors (Lipinski definition) is 0. The first-order valence-corrected chi connectivity index (χ1v) is 8.29. The van der Waals surface area contributed by atoms with Crippen LogP contribution in [0.5, 0.6) is 0 Å². The highest BCUT2D eigenvalue weighted by atomic mass is 32.2. The first-order chi connectivity index (χ1) is 9.26. The minimum absolute atomic E-state index is 0.0753. The van der Waals surface area contributed by atoms with E-state index in [2.05, 4.69) is 6.07 Å². The fourth-order valence-electron chi connectivity index (χ4n) is 2.03. The van der Waals surface area contributed by atoms with Crippen LogP contribution >= 0.6 is 0 Å². The monoisotopic (exact) mass is 294 g/mol. The van der Waals surface area contributed by atoms with Crippen molar-refractivity contribution in [3.8, 4) is 6.07 Å². The first kappa shape index (κ1) is 16.7. The molecule has 20 heavy (non-hydrogen) atoms. The average molecular weight is 294 g/mol. The van der Waals surface area contributed by atoms with Crippen LogP contribution in [0.1, 0.15) is 18.1 Å². The van der Waals surface area contributed by atoms with E-state index < -0.39 is 9.84 Å². The maximum absolute atomic E-state index is 12.4. The molecule has 0 fully saturated rings. The van der Waals surface area contributed by atoms with Gasteiger partial charge in [-0.3, -0.25) is 0 Å². The van der Waals surface area contributed by atoms with Gasteiger partial charge in [0.15, 0.2) is 9.84 Å². The second-order valence-electron chi connectivity index (χ2n) is 5.38. The zero-order valence-corrected chi connectivity index (χ0v) is 13.4. The molecule has 0 N–H and O–H groups in total. The molecule has 0 saturated heterocycles. The van der Waals surface area contributed by atoms with Crippen LogP contribution in [0.2, 0.25) is 0 Å². The van der Waals surface area contributed by atoms with Crippen molar-refractivity contribution in [3.63, 3.8) is 0 Å². The van der Waals surface area contributed by atoms with Crippen molar-refractivity contribution < 1.29 is 8.42 Å². The third kappa shape index (κ3) is 4.62. The summed E-state index contributed by atoms with van der Waals surface area (Å²) in [5.41, 5.74) is 1.73.